The maximum absolute atomic E-state index is 5.55. The Morgan fingerprint density at radius 2 is 2.44 bits per heavy atom. The lowest BCUT2D eigenvalue weighted by Crippen LogP contribution is -2.33. The Kier molecular flexibility index (Phi) is 4.38. The molecule has 0 aliphatic carbocycles. The van der Waals surface area contributed by atoms with Crippen molar-refractivity contribution in [3.05, 3.63) is 21.9 Å². The molecule has 0 spiro atoms. The van der Waals surface area contributed by atoms with Gasteiger partial charge in [0.1, 0.15) is 0 Å². The predicted molar refractivity (Wildman–Crippen MR) is 70.8 cm³/mol. The molecule has 1 aliphatic heterocycles. The van der Waals surface area contributed by atoms with Crippen molar-refractivity contribution in [3.8, 4) is 0 Å². The Labute approximate surface area is 102 Å². The second kappa shape index (κ2) is 5.80. The summed E-state index contributed by atoms with van der Waals surface area (Å²) in [4.78, 5) is 4.20. The quantitative estimate of drug-likeness (QED) is 0.854. The first-order valence-electron chi connectivity index (χ1n) is 6.27. The molecule has 1 atom stereocenters. The summed E-state index contributed by atoms with van der Waals surface area (Å²) in [5.41, 5.74) is 7.10. The first-order valence-corrected chi connectivity index (χ1v) is 7.15. The number of fused-ring (bicyclic) bond motifs is 1. The molecule has 3 heteroatoms. The van der Waals surface area contributed by atoms with Gasteiger partial charge >= 0.3 is 0 Å². The molecule has 0 saturated heterocycles. The Bertz CT molecular complexity index is 321. The van der Waals surface area contributed by atoms with Crippen LogP contribution in [-0.2, 0) is 13.0 Å². The highest BCUT2D eigenvalue weighted by Gasteiger charge is 2.18. The van der Waals surface area contributed by atoms with E-state index in [9.17, 15) is 0 Å². The van der Waals surface area contributed by atoms with Gasteiger partial charge in [0.05, 0.1) is 0 Å². The van der Waals surface area contributed by atoms with Crippen molar-refractivity contribution in [1.82, 2.24) is 4.90 Å². The molecule has 2 rings (SSSR count). The number of rotatable bonds is 5. The highest BCUT2D eigenvalue weighted by Crippen LogP contribution is 2.24. The topological polar surface area (TPSA) is 29.3 Å². The molecule has 1 aliphatic rings. The van der Waals surface area contributed by atoms with E-state index >= 15 is 0 Å². The van der Waals surface area contributed by atoms with Gasteiger partial charge in [0.25, 0.3) is 0 Å². The average Bonchev–Trinajstić information content (AvgIpc) is 2.73. The standard InChI is InChI=1S/C13H22N2S/c1-11(3-2-6-14)9-15-7-4-13-12(10-15)5-8-16-13/h5,8,11H,2-4,6-7,9-10,14H2,1H3. The summed E-state index contributed by atoms with van der Waals surface area (Å²) in [5, 5.41) is 2.23. The van der Waals surface area contributed by atoms with Gasteiger partial charge in [0.15, 0.2) is 0 Å². The van der Waals surface area contributed by atoms with Gasteiger partial charge < -0.3 is 5.73 Å². The molecule has 2 heterocycles. The van der Waals surface area contributed by atoms with Crippen LogP contribution in [0.5, 0.6) is 0 Å². The van der Waals surface area contributed by atoms with Crippen molar-refractivity contribution in [3.63, 3.8) is 0 Å². The van der Waals surface area contributed by atoms with Crippen LogP contribution in [0.2, 0.25) is 0 Å². The van der Waals surface area contributed by atoms with Crippen LogP contribution in [0.15, 0.2) is 11.4 Å². The van der Waals surface area contributed by atoms with Gasteiger partial charge in [-0.3, -0.25) is 4.90 Å². The van der Waals surface area contributed by atoms with Gasteiger partial charge in [-0.1, -0.05) is 6.92 Å². The van der Waals surface area contributed by atoms with Crippen molar-refractivity contribution in [2.45, 2.75) is 32.7 Å². The highest BCUT2D eigenvalue weighted by atomic mass is 32.1. The van der Waals surface area contributed by atoms with Crippen molar-refractivity contribution >= 4 is 11.3 Å². The summed E-state index contributed by atoms with van der Waals surface area (Å²) in [5.74, 6) is 0.781. The fraction of sp³-hybridized carbons (Fsp3) is 0.692. The molecule has 2 nitrogen and oxygen atoms in total. The molecule has 0 fully saturated rings. The molecule has 1 unspecified atom stereocenters. The van der Waals surface area contributed by atoms with E-state index < -0.39 is 0 Å². The van der Waals surface area contributed by atoms with Crippen LogP contribution in [0.25, 0.3) is 0 Å². The molecular formula is C13H22N2S. The number of nitrogens with zero attached hydrogens (tertiary/aromatic N) is 1. The monoisotopic (exact) mass is 238 g/mol. The second-order valence-electron chi connectivity index (χ2n) is 4.89. The zero-order chi connectivity index (χ0) is 11.4. The van der Waals surface area contributed by atoms with Gasteiger partial charge in [-0.05, 0) is 48.7 Å². The number of hydrogen-bond acceptors (Lipinski definition) is 3. The fourth-order valence-electron chi connectivity index (χ4n) is 2.46. The highest BCUT2D eigenvalue weighted by molar-refractivity contribution is 7.10. The zero-order valence-corrected chi connectivity index (χ0v) is 10.9. The van der Waals surface area contributed by atoms with Gasteiger partial charge in [0.2, 0.25) is 0 Å². The Morgan fingerprint density at radius 1 is 1.56 bits per heavy atom. The lowest BCUT2D eigenvalue weighted by Gasteiger charge is -2.29. The van der Waals surface area contributed by atoms with Crippen molar-refractivity contribution < 1.29 is 0 Å². The van der Waals surface area contributed by atoms with E-state index in [-0.39, 0.29) is 0 Å². The van der Waals surface area contributed by atoms with E-state index in [2.05, 4.69) is 23.3 Å². The fourth-order valence-corrected chi connectivity index (χ4v) is 3.35. The van der Waals surface area contributed by atoms with Crippen LogP contribution in [0.4, 0.5) is 0 Å². The minimum absolute atomic E-state index is 0.781. The van der Waals surface area contributed by atoms with Crippen LogP contribution in [-0.4, -0.2) is 24.5 Å². The lowest BCUT2D eigenvalue weighted by atomic mass is 10.0. The van der Waals surface area contributed by atoms with E-state index in [1.165, 1.54) is 32.4 Å². The third kappa shape index (κ3) is 3.06. The van der Waals surface area contributed by atoms with E-state index in [0.717, 1.165) is 19.0 Å². The molecule has 0 radical (unpaired) electrons. The van der Waals surface area contributed by atoms with Crippen molar-refractivity contribution in [1.29, 1.82) is 0 Å². The van der Waals surface area contributed by atoms with E-state index in [1.807, 2.05) is 11.3 Å². The van der Waals surface area contributed by atoms with Gasteiger partial charge in [-0.25, -0.2) is 0 Å². The molecule has 0 saturated carbocycles. The summed E-state index contributed by atoms with van der Waals surface area (Å²) in [6, 6.07) is 2.29. The average molecular weight is 238 g/mol. The molecular weight excluding hydrogens is 216 g/mol. The zero-order valence-electron chi connectivity index (χ0n) is 10.1. The molecule has 0 aromatic carbocycles. The summed E-state index contributed by atoms with van der Waals surface area (Å²) >= 11 is 1.92. The van der Waals surface area contributed by atoms with Crippen LogP contribution >= 0.6 is 11.3 Å². The van der Waals surface area contributed by atoms with Crippen LogP contribution in [0.1, 0.15) is 30.2 Å². The Balaban J connectivity index is 1.80. The summed E-state index contributed by atoms with van der Waals surface area (Å²) < 4.78 is 0. The minimum atomic E-state index is 0.781. The SMILES string of the molecule is CC(CCCN)CN1CCc2sccc2C1. The van der Waals surface area contributed by atoms with Gasteiger partial charge in [0, 0.05) is 24.5 Å². The predicted octanol–water partition coefficient (Wildman–Crippen LogP) is 2.48. The molecule has 1 aromatic heterocycles. The van der Waals surface area contributed by atoms with E-state index in [0.29, 0.717) is 0 Å². The first-order chi connectivity index (χ1) is 7.79. The summed E-state index contributed by atoms with van der Waals surface area (Å²) in [7, 11) is 0. The Morgan fingerprint density at radius 3 is 3.25 bits per heavy atom. The van der Waals surface area contributed by atoms with Crippen LogP contribution < -0.4 is 5.73 Å². The van der Waals surface area contributed by atoms with Crippen LogP contribution in [0.3, 0.4) is 0 Å². The molecule has 0 amide bonds. The normalized spacial score (nSPS) is 18.4. The van der Waals surface area contributed by atoms with Crippen LogP contribution in [0, 0.1) is 5.92 Å². The van der Waals surface area contributed by atoms with E-state index in [1.54, 1.807) is 10.4 Å². The van der Waals surface area contributed by atoms with Gasteiger partial charge in [-0.2, -0.15) is 0 Å². The molecule has 0 bridgehead atoms. The number of nitrogens with two attached hydrogens (primary N) is 1. The largest absolute Gasteiger partial charge is 0.330 e. The Hall–Kier alpha value is -0.380. The van der Waals surface area contributed by atoms with E-state index in [4.69, 9.17) is 5.73 Å². The minimum Gasteiger partial charge on any atom is -0.330 e. The smallest absolute Gasteiger partial charge is 0.0245 e. The van der Waals surface area contributed by atoms with Gasteiger partial charge in [-0.15, -0.1) is 11.3 Å². The van der Waals surface area contributed by atoms with Crippen molar-refractivity contribution in [2.24, 2.45) is 11.7 Å². The third-order valence-electron chi connectivity index (χ3n) is 3.36. The number of hydrogen-bond donors (Lipinski definition) is 1. The molecule has 90 valence electrons. The lowest BCUT2D eigenvalue weighted by molar-refractivity contribution is 0.215. The molecule has 2 N–H and O–H groups in total. The summed E-state index contributed by atoms with van der Waals surface area (Å²) in [6.07, 6.45) is 3.68. The summed E-state index contributed by atoms with van der Waals surface area (Å²) in [6.45, 7) is 6.80. The molecule has 16 heavy (non-hydrogen) atoms. The molecule has 1 aromatic rings. The third-order valence-corrected chi connectivity index (χ3v) is 4.38. The second-order valence-corrected chi connectivity index (χ2v) is 5.89. The maximum atomic E-state index is 5.55. The number of thiophene rings is 1. The van der Waals surface area contributed by atoms with Crippen molar-refractivity contribution in [2.75, 3.05) is 19.6 Å². The maximum Gasteiger partial charge on any atom is 0.0245 e. The first kappa shape index (κ1) is 12.1.